The maximum Gasteiger partial charge on any atom is 0.273 e. The van der Waals surface area contributed by atoms with Crippen molar-refractivity contribution in [2.45, 2.75) is 29.9 Å². The standard InChI is InChI=1S/C19H18Cl2N6O2S/c20-12-7-13(21)9-14(8-12)27-16(11-30-19-22-4-2-5-23-19)17(25-26-27)18(28)24-10-15-3-1-6-29-15/h2,4-5,7-9,15H,1,3,6,10-11H2,(H,24,28). The highest BCUT2D eigenvalue weighted by atomic mass is 35.5. The first-order valence-electron chi connectivity index (χ1n) is 9.31. The van der Waals surface area contributed by atoms with Crippen molar-refractivity contribution in [3.8, 4) is 5.69 Å². The first kappa shape index (κ1) is 21.0. The molecular weight excluding hydrogens is 447 g/mol. The highest BCUT2D eigenvalue weighted by Gasteiger charge is 2.23. The van der Waals surface area contributed by atoms with E-state index in [2.05, 4.69) is 25.6 Å². The van der Waals surface area contributed by atoms with Crippen LogP contribution in [0.15, 0.2) is 41.8 Å². The molecule has 1 amide bonds. The van der Waals surface area contributed by atoms with E-state index in [1.165, 1.54) is 11.8 Å². The molecule has 11 heteroatoms. The molecule has 0 spiro atoms. The maximum atomic E-state index is 12.8. The van der Waals surface area contributed by atoms with Crippen molar-refractivity contribution >= 4 is 40.9 Å². The van der Waals surface area contributed by atoms with E-state index in [1.54, 1.807) is 41.3 Å². The minimum Gasteiger partial charge on any atom is -0.376 e. The van der Waals surface area contributed by atoms with Gasteiger partial charge in [0, 0.05) is 41.3 Å². The van der Waals surface area contributed by atoms with Gasteiger partial charge in [-0.2, -0.15) is 0 Å². The molecule has 3 heterocycles. The van der Waals surface area contributed by atoms with Crippen LogP contribution < -0.4 is 5.32 Å². The highest BCUT2D eigenvalue weighted by molar-refractivity contribution is 7.98. The normalized spacial score (nSPS) is 16.0. The Morgan fingerprint density at radius 2 is 2.00 bits per heavy atom. The summed E-state index contributed by atoms with van der Waals surface area (Å²) >= 11 is 13.7. The Morgan fingerprint density at radius 3 is 2.70 bits per heavy atom. The van der Waals surface area contributed by atoms with Crippen molar-refractivity contribution in [1.29, 1.82) is 0 Å². The molecule has 0 radical (unpaired) electrons. The van der Waals surface area contributed by atoms with E-state index in [0.717, 1.165) is 19.4 Å². The van der Waals surface area contributed by atoms with Crippen molar-refractivity contribution in [3.05, 3.63) is 58.1 Å². The van der Waals surface area contributed by atoms with Crippen LogP contribution in [0.5, 0.6) is 0 Å². The number of nitrogens with one attached hydrogen (secondary N) is 1. The second-order valence-electron chi connectivity index (χ2n) is 6.59. The summed E-state index contributed by atoms with van der Waals surface area (Å²) in [7, 11) is 0. The van der Waals surface area contributed by atoms with E-state index in [0.29, 0.717) is 38.9 Å². The molecule has 1 atom stereocenters. The molecular formula is C19H18Cl2N6O2S. The summed E-state index contributed by atoms with van der Waals surface area (Å²) in [5.41, 5.74) is 1.44. The predicted octanol–water partition coefficient (Wildman–Crippen LogP) is 3.57. The number of rotatable bonds is 7. The van der Waals surface area contributed by atoms with E-state index in [9.17, 15) is 4.79 Å². The third-order valence-corrected chi connectivity index (χ3v) is 5.79. The van der Waals surface area contributed by atoms with Crippen LogP contribution in [0, 0.1) is 0 Å². The average Bonchev–Trinajstić information content (AvgIpc) is 3.40. The van der Waals surface area contributed by atoms with E-state index < -0.39 is 0 Å². The van der Waals surface area contributed by atoms with Gasteiger partial charge in [-0.15, -0.1) is 5.10 Å². The summed E-state index contributed by atoms with van der Waals surface area (Å²) in [6.07, 6.45) is 5.30. The minimum atomic E-state index is -0.311. The Bertz CT molecular complexity index is 1010. The fraction of sp³-hybridized carbons (Fsp3) is 0.316. The zero-order chi connectivity index (χ0) is 20.9. The molecule has 1 N–H and O–H groups in total. The van der Waals surface area contributed by atoms with Gasteiger partial charge in [-0.1, -0.05) is 40.2 Å². The van der Waals surface area contributed by atoms with Gasteiger partial charge in [0.05, 0.1) is 17.5 Å². The van der Waals surface area contributed by atoms with Gasteiger partial charge in [-0.05, 0) is 37.1 Å². The molecule has 0 aliphatic carbocycles. The van der Waals surface area contributed by atoms with Gasteiger partial charge in [0.1, 0.15) is 0 Å². The molecule has 4 rings (SSSR count). The van der Waals surface area contributed by atoms with Crippen molar-refractivity contribution in [2.75, 3.05) is 13.2 Å². The SMILES string of the molecule is O=C(NCC1CCCO1)c1nnn(-c2cc(Cl)cc(Cl)c2)c1CSc1ncccn1. The lowest BCUT2D eigenvalue weighted by atomic mass is 10.2. The molecule has 0 saturated carbocycles. The number of hydrogen-bond acceptors (Lipinski definition) is 7. The van der Waals surface area contributed by atoms with Crippen LogP contribution in [0.3, 0.4) is 0 Å². The van der Waals surface area contributed by atoms with Crippen molar-refractivity contribution in [2.24, 2.45) is 0 Å². The van der Waals surface area contributed by atoms with Gasteiger partial charge in [0.25, 0.3) is 5.91 Å². The lowest BCUT2D eigenvalue weighted by molar-refractivity contribution is 0.0853. The summed E-state index contributed by atoms with van der Waals surface area (Å²) < 4.78 is 7.13. The van der Waals surface area contributed by atoms with Gasteiger partial charge >= 0.3 is 0 Å². The number of thioether (sulfide) groups is 1. The van der Waals surface area contributed by atoms with Crippen LogP contribution in [-0.2, 0) is 10.5 Å². The third kappa shape index (κ3) is 5.10. The Kier molecular flexibility index (Phi) is 6.83. The summed E-state index contributed by atoms with van der Waals surface area (Å²) in [4.78, 5) is 21.3. The van der Waals surface area contributed by atoms with Crippen LogP contribution in [0.4, 0.5) is 0 Å². The van der Waals surface area contributed by atoms with Crippen LogP contribution in [-0.4, -0.2) is 50.1 Å². The quantitative estimate of drug-likeness (QED) is 0.421. The molecule has 1 fully saturated rings. The number of amides is 1. The Hall–Kier alpha value is -2.20. The number of nitrogens with zero attached hydrogens (tertiary/aromatic N) is 5. The molecule has 1 saturated heterocycles. The van der Waals surface area contributed by atoms with Gasteiger partial charge in [-0.3, -0.25) is 4.79 Å². The Balaban J connectivity index is 1.61. The van der Waals surface area contributed by atoms with Crippen molar-refractivity contribution < 1.29 is 9.53 Å². The number of aromatic nitrogens is 5. The van der Waals surface area contributed by atoms with E-state index in [4.69, 9.17) is 27.9 Å². The summed E-state index contributed by atoms with van der Waals surface area (Å²) in [5.74, 6) is 0.0681. The number of ether oxygens (including phenoxy) is 1. The zero-order valence-corrected chi connectivity index (χ0v) is 18.1. The number of benzene rings is 1. The fourth-order valence-corrected chi connectivity index (χ4v) is 4.38. The predicted molar refractivity (Wildman–Crippen MR) is 114 cm³/mol. The van der Waals surface area contributed by atoms with E-state index in [1.807, 2.05) is 0 Å². The fourth-order valence-electron chi connectivity index (χ4n) is 3.06. The molecule has 156 valence electrons. The number of hydrogen-bond donors (Lipinski definition) is 1. The van der Waals surface area contributed by atoms with Gasteiger partial charge in [0.2, 0.25) is 0 Å². The van der Waals surface area contributed by atoms with Crippen molar-refractivity contribution in [3.63, 3.8) is 0 Å². The largest absolute Gasteiger partial charge is 0.376 e. The molecule has 1 aliphatic heterocycles. The van der Waals surface area contributed by atoms with Crippen LogP contribution in [0.25, 0.3) is 5.69 Å². The van der Waals surface area contributed by atoms with E-state index >= 15 is 0 Å². The minimum absolute atomic E-state index is 0.0336. The Labute approximate surface area is 187 Å². The molecule has 2 aromatic heterocycles. The second-order valence-corrected chi connectivity index (χ2v) is 8.40. The Morgan fingerprint density at radius 1 is 1.23 bits per heavy atom. The first-order valence-corrected chi connectivity index (χ1v) is 11.0. The maximum absolute atomic E-state index is 12.8. The van der Waals surface area contributed by atoms with Crippen LogP contribution in [0.1, 0.15) is 29.0 Å². The average molecular weight is 465 g/mol. The first-order chi connectivity index (χ1) is 14.6. The topological polar surface area (TPSA) is 94.8 Å². The monoisotopic (exact) mass is 464 g/mol. The number of halogens is 2. The molecule has 1 aliphatic rings. The molecule has 1 aromatic carbocycles. The molecule has 1 unspecified atom stereocenters. The summed E-state index contributed by atoms with van der Waals surface area (Å²) in [6.45, 7) is 1.16. The molecule has 8 nitrogen and oxygen atoms in total. The lowest BCUT2D eigenvalue weighted by Gasteiger charge is -2.11. The molecule has 30 heavy (non-hydrogen) atoms. The third-order valence-electron chi connectivity index (χ3n) is 4.46. The van der Waals surface area contributed by atoms with Crippen LogP contribution in [0.2, 0.25) is 10.0 Å². The summed E-state index contributed by atoms with van der Waals surface area (Å²) in [5, 5.41) is 12.7. The number of carbonyl (C=O) groups is 1. The van der Waals surface area contributed by atoms with Crippen LogP contribution >= 0.6 is 35.0 Å². The smallest absolute Gasteiger partial charge is 0.273 e. The number of carbonyl (C=O) groups excluding carboxylic acids is 1. The molecule has 0 bridgehead atoms. The summed E-state index contributed by atoms with van der Waals surface area (Å²) in [6, 6.07) is 6.80. The highest BCUT2D eigenvalue weighted by Crippen LogP contribution is 2.26. The van der Waals surface area contributed by atoms with Gasteiger partial charge in [-0.25, -0.2) is 14.6 Å². The lowest BCUT2D eigenvalue weighted by Crippen LogP contribution is -2.32. The van der Waals surface area contributed by atoms with Gasteiger partial charge < -0.3 is 10.1 Å². The zero-order valence-electron chi connectivity index (χ0n) is 15.8. The molecule has 3 aromatic rings. The van der Waals surface area contributed by atoms with Gasteiger partial charge in [0.15, 0.2) is 10.9 Å². The second kappa shape index (κ2) is 9.74. The van der Waals surface area contributed by atoms with Crippen molar-refractivity contribution in [1.82, 2.24) is 30.3 Å². The van der Waals surface area contributed by atoms with E-state index in [-0.39, 0.29) is 17.7 Å².